The Kier molecular flexibility index (Phi) is 5.22. The molecule has 1 saturated heterocycles. The molecule has 30 heavy (non-hydrogen) atoms. The van der Waals surface area contributed by atoms with Crippen molar-refractivity contribution >= 4 is 29.3 Å². The maximum atomic E-state index is 15.2. The van der Waals surface area contributed by atoms with E-state index in [4.69, 9.17) is 16.3 Å². The van der Waals surface area contributed by atoms with E-state index in [1.165, 1.54) is 11.0 Å². The smallest absolute Gasteiger partial charge is 0.411 e. The average molecular weight is 431 g/mol. The zero-order valence-corrected chi connectivity index (χ0v) is 17.9. The summed E-state index contributed by atoms with van der Waals surface area (Å²) >= 11 is 6.21. The number of ether oxygens (including phenoxy) is 1. The molecule has 4 rings (SSSR count). The summed E-state index contributed by atoms with van der Waals surface area (Å²) in [7, 11) is 0. The first-order chi connectivity index (χ1) is 14.2. The molecule has 2 amide bonds. The van der Waals surface area contributed by atoms with Crippen molar-refractivity contribution in [1.29, 1.82) is 0 Å². The molecule has 1 N–H and O–H groups in total. The monoisotopic (exact) mass is 430 g/mol. The quantitative estimate of drug-likeness (QED) is 0.701. The fourth-order valence-corrected chi connectivity index (χ4v) is 4.24. The molecule has 2 aliphatic rings. The third kappa shape index (κ3) is 4.01. The van der Waals surface area contributed by atoms with Gasteiger partial charge in [0.25, 0.3) is 0 Å². The minimum absolute atomic E-state index is 0.0231. The highest BCUT2D eigenvalue weighted by Gasteiger charge is 2.57. The Labute approximate surface area is 180 Å². The van der Waals surface area contributed by atoms with Crippen LogP contribution in [0, 0.1) is 11.7 Å². The van der Waals surface area contributed by atoms with E-state index < -0.39 is 29.5 Å². The summed E-state index contributed by atoms with van der Waals surface area (Å²) in [5, 5.41) is 3.09. The number of nitrogens with zero attached hydrogens (tertiary/aromatic N) is 1. The summed E-state index contributed by atoms with van der Waals surface area (Å²) in [5.41, 5.74) is 0.254. The summed E-state index contributed by atoms with van der Waals surface area (Å²) in [6.45, 7) is 5.36. The topological polar surface area (TPSA) is 58.6 Å². The van der Waals surface area contributed by atoms with Crippen LogP contribution in [0.1, 0.15) is 33.6 Å². The summed E-state index contributed by atoms with van der Waals surface area (Å²) in [4.78, 5) is 27.1. The molecule has 2 fully saturated rings. The molecule has 0 spiro atoms. The number of amides is 2. The van der Waals surface area contributed by atoms with Crippen molar-refractivity contribution in [2.24, 2.45) is 5.92 Å². The molecule has 1 saturated carbocycles. The number of halogens is 2. The Bertz CT molecular complexity index is 1000. The zero-order valence-electron chi connectivity index (χ0n) is 17.1. The van der Waals surface area contributed by atoms with Gasteiger partial charge < -0.3 is 10.1 Å². The van der Waals surface area contributed by atoms with Crippen molar-refractivity contribution in [3.05, 3.63) is 53.3 Å². The lowest BCUT2D eigenvalue weighted by Gasteiger charge is -2.30. The Balaban J connectivity index is 1.55. The molecule has 158 valence electrons. The Morgan fingerprint density at radius 3 is 2.50 bits per heavy atom. The van der Waals surface area contributed by atoms with Gasteiger partial charge in [0.1, 0.15) is 11.6 Å². The molecule has 1 heterocycles. The number of anilines is 1. The molecular formula is C23H24ClFN2O3. The van der Waals surface area contributed by atoms with Crippen LogP contribution >= 0.6 is 11.6 Å². The van der Waals surface area contributed by atoms with Crippen LogP contribution in [0.25, 0.3) is 11.1 Å². The van der Waals surface area contributed by atoms with E-state index in [1.54, 1.807) is 57.2 Å². The molecule has 2 aromatic rings. The molecule has 7 heteroatoms. The van der Waals surface area contributed by atoms with E-state index in [0.717, 1.165) is 6.42 Å². The maximum Gasteiger partial charge on any atom is 0.411 e. The molecule has 0 aromatic heterocycles. The first-order valence-corrected chi connectivity index (χ1v) is 10.4. The summed E-state index contributed by atoms with van der Waals surface area (Å²) < 4.78 is 20.7. The second kappa shape index (κ2) is 7.58. The lowest BCUT2D eigenvalue weighted by Crippen LogP contribution is -2.47. The number of benzene rings is 2. The summed E-state index contributed by atoms with van der Waals surface area (Å²) in [6.07, 6.45) is 0.930. The number of carbonyl (C=O) groups excluding carboxylic acids is 2. The number of hydrogen-bond donors (Lipinski definition) is 1. The van der Waals surface area contributed by atoms with E-state index in [1.807, 2.05) is 0 Å². The third-order valence-electron chi connectivity index (χ3n) is 5.43. The van der Waals surface area contributed by atoms with Gasteiger partial charge in [0, 0.05) is 22.2 Å². The van der Waals surface area contributed by atoms with E-state index in [0.29, 0.717) is 28.5 Å². The number of rotatable bonds is 3. The Morgan fingerprint density at radius 2 is 1.80 bits per heavy atom. The number of fused-ring (bicyclic) bond motifs is 1. The molecule has 1 aliphatic carbocycles. The van der Waals surface area contributed by atoms with Crippen molar-refractivity contribution in [3.63, 3.8) is 0 Å². The highest BCUT2D eigenvalue weighted by Crippen LogP contribution is 2.48. The van der Waals surface area contributed by atoms with Crippen LogP contribution in [0.2, 0.25) is 5.02 Å². The molecular weight excluding hydrogens is 407 g/mol. The highest BCUT2D eigenvalue weighted by molar-refractivity contribution is 6.33. The van der Waals surface area contributed by atoms with Crippen LogP contribution in [0.15, 0.2) is 42.5 Å². The number of carbonyl (C=O) groups is 2. The largest absolute Gasteiger partial charge is 0.444 e. The van der Waals surface area contributed by atoms with Gasteiger partial charge in [0.15, 0.2) is 5.82 Å². The summed E-state index contributed by atoms with van der Waals surface area (Å²) in [5.74, 6) is -0.679. The van der Waals surface area contributed by atoms with Gasteiger partial charge in [-0.1, -0.05) is 41.9 Å². The van der Waals surface area contributed by atoms with Crippen molar-refractivity contribution in [3.8, 4) is 11.1 Å². The third-order valence-corrected chi connectivity index (χ3v) is 5.76. The normalized spacial score (nSPS) is 22.4. The molecule has 3 unspecified atom stereocenters. The SMILES string of the molecule is CC(C)(C)OC(=O)N1C(C(=O)Nc2cccc(-c3ccccc3Cl)c2F)CC2CC21. The van der Waals surface area contributed by atoms with Crippen LogP contribution in [0.4, 0.5) is 14.9 Å². The van der Waals surface area contributed by atoms with Gasteiger partial charge in [-0.05, 0) is 51.7 Å². The van der Waals surface area contributed by atoms with Crippen LogP contribution < -0.4 is 5.32 Å². The molecule has 2 aromatic carbocycles. The van der Waals surface area contributed by atoms with E-state index in [-0.39, 0.29) is 11.7 Å². The maximum absolute atomic E-state index is 15.2. The van der Waals surface area contributed by atoms with Crippen molar-refractivity contribution < 1.29 is 18.7 Å². The van der Waals surface area contributed by atoms with Gasteiger partial charge in [0.2, 0.25) is 5.91 Å². The predicted octanol–water partition coefficient (Wildman–Crippen LogP) is 5.48. The van der Waals surface area contributed by atoms with Gasteiger partial charge in [-0.15, -0.1) is 0 Å². The van der Waals surface area contributed by atoms with Crippen molar-refractivity contribution in [1.82, 2.24) is 4.90 Å². The fraction of sp³-hybridized carbons (Fsp3) is 0.391. The van der Waals surface area contributed by atoms with Gasteiger partial charge in [0.05, 0.1) is 5.69 Å². The van der Waals surface area contributed by atoms with Gasteiger partial charge in [-0.2, -0.15) is 0 Å². The molecule has 3 atom stereocenters. The fourth-order valence-electron chi connectivity index (χ4n) is 4.00. The Hall–Kier alpha value is -2.60. The molecule has 5 nitrogen and oxygen atoms in total. The minimum atomic E-state index is -0.674. The predicted molar refractivity (Wildman–Crippen MR) is 114 cm³/mol. The van der Waals surface area contributed by atoms with Crippen molar-refractivity contribution in [2.75, 3.05) is 5.32 Å². The number of piperidine rings is 1. The Morgan fingerprint density at radius 1 is 1.10 bits per heavy atom. The van der Waals surface area contributed by atoms with Gasteiger partial charge >= 0.3 is 6.09 Å². The average Bonchev–Trinajstić information content (AvgIpc) is 3.32. The minimum Gasteiger partial charge on any atom is -0.444 e. The van der Waals surface area contributed by atoms with Crippen molar-refractivity contribution in [2.45, 2.75) is 51.3 Å². The first-order valence-electron chi connectivity index (χ1n) is 10.0. The zero-order chi connectivity index (χ0) is 21.6. The van der Waals surface area contributed by atoms with Crippen LogP contribution in [0.3, 0.4) is 0 Å². The van der Waals surface area contributed by atoms with E-state index in [2.05, 4.69) is 5.32 Å². The highest BCUT2D eigenvalue weighted by atomic mass is 35.5. The van der Waals surface area contributed by atoms with Gasteiger partial charge in [-0.25, -0.2) is 9.18 Å². The van der Waals surface area contributed by atoms with E-state index in [9.17, 15) is 9.59 Å². The number of hydrogen-bond acceptors (Lipinski definition) is 3. The van der Waals surface area contributed by atoms with Crippen LogP contribution in [-0.4, -0.2) is 34.6 Å². The lowest BCUT2D eigenvalue weighted by molar-refractivity contribution is -0.121. The van der Waals surface area contributed by atoms with E-state index >= 15 is 4.39 Å². The van der Waals surface area contributed by atoms with Crippen LogP contribution in [0.5, 0.6) is 0 Å². The lowest BCUT2D eigenvalue weighted by atomic mass is 10.0. The molecule has 1 aliphatic heterocycles. The molecule has 0 radical (unpaired) electrons. The second-order valence-electron chi connectivity index (χ2n) is 8.84. The number of nitrogens with one attached hydrogen (secondary N) is 1. The number of likely N-dealkylation sites (tertiary alicyclic amines) is 1. The van der Waals surface area contributed by atoms with Crippen LogP contribution in [-0.2, 0) is 9.53 Å². The first kappa shape index (κ1) is 20.7. The second-order valence-corrected chi connectivity index (χ2v) is 9.25. The van der Waals surface area contributed by atoms with Gasteiger partial charge in [-0.3, -0.25) is 9.69 Å². The molecule has 0 bridgehead atoms. The standard InChI is InChI=1S/C23H24ClFN2O3/c1-23(2,3)30-22(29)27-18-11-13(18)12-19(27)21(28)26-17-10-6-8-15(20(17)25)14-7-4-5-9-16(14)24/h4-10,13,18-19H,11-12H2,1-3H3,(H,26,28). The summed E-state index contributed by atoms with van der Waals surface area (Å²) in [6, 6.07) is 11.1.